The summed E-state index contributed by atoms with van der Waals surface area (Å²) in [6.45, 7) is 5.74. The molecular weight excluding hydrogens is 483 g/mol. The summed E-state index contributed by atoms with van der Waals surface area (Å²) in [5.41, 5.74) is 2.48. The highest BCUT2D eigenvalue weighted by atomic mass is 19.1. The molecule has 0 bridgehead atoms. The third-order valence-corrected chi connectivity index (χ3v) is 6.95. The average Bonchev–Trinajstić information content (AvgIpc) is 2.95. The van der Waals surface area contributed by atoms with Crippen molar-refractivity contribution in [1.82, 2.24) is 20.2 Å². The van der Waals surface area contributed by atoms with E-state index in [0.717, 1.165) is 11.1 Å². The molecule has 8 heteroatoms. The quantitative estimate of drug-likeness (QED) is 0.350. The van der Waals surface area contributed by atoms with E-state index in [1.54, 1.807) is 23.1 Å². The van der Waals surface area contributed by atoms with Gasteiger partial charge in [-0.3, -0.25) is 14.6 Å². The molecule has 5 rings (SSSR count). The second kappa shape index (κ2) is 11.6. The van der Waals surface area contributed by atoms with Gasteiger partial charge in [0.25, 0.3) is 0 Å². The molecule has 0 radical (unpaired) electrons. The van der Waals surface area contributed by atoms with Gasteiger partial charge in [0.2, 0.25) is 0 Å². The van der Waals surface area contributed by atoms with Crippen molar-refractivity contribution in [2.45, 2.75) is 31.8 Å². The third-order valence-electron chi connectivity index (χ3n) is 6.95. The zero-order valence-corrected chi connectivity index (χ0v) is 21.1. The fourth-order valence-electron chi connectivity index (χ4n) is 5.09. The number of hydrogen-bond donors (Lipinski definition) is 1. The topological polar surface area (TPSA) is 65.1 Å². The first-order valence-electron chi connectivity index (χ1n) is 12.8. The standard InChI is InChI=1S/C30H31FN4O3/c1-2-15-33-29(36)30(37)35-25(18-32-19-28(35)34(33)20-22-9-5-3-6-10-22)16-24-13-14-26(17-27(24)31)38-21-23-11-7-4-8-12-23/h2-14,17,25,28,32H,1,15-16,18-21H2/t25-,28+/m0/s1. The van der Waals surface area contributed by atoms with Crippen LogP contribution in [0.3, 0.4) is 0 Å². The molecule has 7 nitrogen and oxygen atoms in total. The summed E-state index contributed by atoms with van der Waals surface area (Å²) < 4.78 is 20.9. The number of nitrogens with one attached hydrogen (secondary N) is 1. The van der Waals surface area contributed by atoms with Crippen LogP contribution < -0.4 is 10.1 Å². The molecule has 2 aliphatic rings. The van der Waals surface area contributed by atoms with Crippen molar-refractivity contribution in [2.75, 3.05) is 19.6 Å². The predicted molar refractivity (Wildman–Crippen MR) is 142 cm³/mol. The van der Waals surface area contributed by atoms with Gasteiger partial charge < -0.3 is 15.0 Å². The number of amides is 2. The van der Waals surface area contributed by atoms with Gasteiger partial charge in [-0.05, 0) is 29.2 Å². The molecule has 2 saturated heterocycles. The highest BCUT2D eigenvalue weighted by Crippen LogP contribution is 2.28. The normalized spacial score (nSPS) is 19.8. The Labute approximate surface area is 222 Å². The van der Waals surface area contributed by atoms with Crippen LogP contribution in [0.15, 0.2) is 91.5 Å². The van der Waals surface area contributed by atoms with Crippen LogP contribution in [0.4, 0.5) is 4.39 Å². The lowest BCUT2D eigenvalue weighted by Gasteiger charge is -2.53. The molecule has 3 aromatic rings. The number of hydrazine groups is 1. The van der Waals surface area contributed by atoms with Crippen LogP contribution in [-0.4, -0.2) is 58.6 Å². The lowest BCUT2D eigenvalue weighted by molar-refractivity contribution is -0.200. The fraction of sp³-hybridized carbons (Fsp3) is 0.267. The van der Waals surface area contributed by atoms with Crippen LogP contribution in [0.2, 0.25) is 0 Å². The summed E-state index contributed by atoms with van der Waals surface area (Å²) in [5.74, 6) is -1.14. The van der Waals surface area contributed by atoms with Crippen LogP contribution >= 0.6 is 0 Å². The van der Waals surface area contributed by atoms with E-state index in [9.17, 15) is 9.59 Å². The number of rotatable bonds is 9. The van der Waals surface area contributed by atoms with Crippen molar-refractivity contribution in [3.8, 4) is 5.75 Å². The van der Waals surface area contributed by atoms with Gasteiger partial charge in [-0.25, -0.2) is 4.39 Å². The average molecular weight is 515 g/mol. The Hall–Kier alpha value is -4.01. The molecule has 2 aliphatic heterocycles. The van der Waals surface area contributed by atoms with Gasteiger partial charge in [-0.15, -0.1) is 6.58 Å². The molecule has 2 atom stereocenters. The van der Waals surface area contributed by atoms with Crippen LogP contribution in [0, 0.1) is 5.82 Å². The zero-order chi connectivity index (χ0) is 26.5. The number of piperazine rings is 1. The molecule has 1 N–H and O–H groups in total. The second-order valence-corrected chi connectivity index (χ2v) is 9.50. The van der Waals surface area contributed by atoms with E-state index in [4.69, 9.17) is 4.74 Å². The van der Waals surface area contributed by atoms with Gasteiger partial charge >= 0.3 is 11.8 Å². The molecule has 38 heavy (non-hydrogen) atoms. The smallest absolute Gasteiger partial charge is 0.326 e. The SMILES string of the molecule is C=CCN1C(=O)C(=O)N2[C@@H](Cc3ccc(OCc4ccccc4)cc3F)CNC[C@@H]2N1Cc1ccccc1. The number of nitrogens with zero attached hydrogens (tertiary/aromatic N) is 3. The molecule has 2 fully saturated rings. The highest BCUT2D eigenvalue weighted by molar-refractivity contribution is 6.35. The van der Waals surface area contributed by atoms with E-state index >= 15 is 4.39 Å². The monoisotopic (exact) mass is 514 g/mol. The summed E-state index contributed by atoms with van der Waals surface area (Å²) in [6, 6.07) is 23.9. The Morgan fingerprint density at radius 2 is 1.66 bits per heavy atom. The van der Waals surface area contributed by atoms with Crippen LogP contribution in [-0.2, 0) is 29.2 Å². The van der Waals surface area contributed by atoms with Crippen molar-refractivity contribution < 1.29 is 18.7 Å². The lowest BCUT2D eigenvalue weighted by Crippen LogP contribution is -2.74. The highest BCUT2D eigenvalue weighted by Gasteiger charge is 2.48. The van der Waals surface area contributed by atoms with Crippen molar-refractivity contribution in [2.24, 2.45) is 0 Å². The van der Waals surface area contributed by atoms with Gasteiger partial charge in [0, 0.05) is 25.7 Å². The van der Waals surface area contributed by atoms with Crippen molar-refractivity contribution >= 4 is 11.8 Å². The first-order chi connectivity index (χ1) is 18.5. The summed E-state index contributed by atoms with van der Waals surface area (Å²) in [6.07, 6.45) is 1.49. The Bertz CT molecular complexity index is 1290. The number of carbonyl (C=O) groups is 2. The summed E-state index contributed by atoms with van der Waals surface area (Å²) in [4.78, 5) is 28.2. The largest absolute Gasteiger partial charge is 0.489 e. The molecule has 3 aromatic carbocycles. The van der Waals surface area contributed by atoms with Crippen LogP contribution in [0.1, 0.15) is 16.7 Å². The summed E-state index contributed by atoms with van der Waals surface area (Å²) in [5, 5.41) is 6.77. The summed E-state index contributed by atoms with van der Waals surface area (Å²) >= 11 is 0. The number of carbonyl (C=O) groups excluding carboxylic acids is 2. The molecular formula is C30H31FN4O3. The summed E-state index contributed by atoms with van der Waals surface area (Å²) in [7, 11) is 0. The minimum Gasteiger partial charge on any atom is -0.489 e. The van der Waals surface area contributed by atoms with E-state index < -0.39 is 23.8 Å². The molecule has 0 spiro atoms. The van der Waals surface area contributed by atoms with E-state index in [2.05, 4.69) is 11.9 Å². The maximum absolute atomic E-state index is 15.2. The number of benzene rings is 3. The predicted octanol–water partition coefficient (Wildman–Crippen LogP) is 3.52. The van der Waals surface area contributed by atoms with Gasteiger partial charge in [0.05, 0.1) is 12.6 Å². The molecule has 0 saturated carbocycles. The van der Waals surface area contributed by atoms with Gasteiger partial charge in [-0.2, -0.15) is 5.01 Å². The molecule has 196 valence electrons. The van der Waals surface area contributed by atoms with E-state index in [-0.39, 0.29) is 19.0 Å². The van der Waals surface area contributed by atoms with E-state index in [1.165, 1.54) is 11.1 Å². The first kappa shape index (κ1) is 25.6. The van der Waals surface area contributed by atoms with Crippen molar-refractivity contribution in [3.63, 3.8) is 0 Å². The lowest BCUT2D eigenvalue weighted by atomic mass is 10.00. The Balaban J connectivity index is 1.34. The first-order valence-corrected chi connectivity index (χ1v) is 12.8. The Morgan fingerprint density at radius 1 is 0.947 bits per heavy atom. The van der Waals surface area contributed by atoms with Crippen molar-refractivity contribution in [1.29, 1.82) is 0 Å². The maximum atomic E-state index is 15.2. The third kappa shape index (κ3) is 5.46. The number of ether oxygens (including phenoxy) is 1. The minimum absolute atomic E-state index is 0.228. The zero-order valence-electron chi connectivity index (χ0n) is 21.1. The molecule has 0 aliphatic carbocycles. The van der Waals surface area contributed by atoms with E-state index in [0.29, 0.717) is 37.6 Å². The molecule has 2 amide bonds. The fourth-order valence-corrected chi connectivity index (χ4v) is 5.09. The number of halogens is 1. The number of hydrogen-bond acceptors (Lipinski definition) is 5. The Morgan fingerprint density at radius 3 is 2.34 bits per heavy atom. The Kier molecular flexibility index (Phi) is 7.81. The molecule has 0 aromatic heterocycles. The van der Waals surface area contributed by atoms with Crippen LogP contribution in [0.25, 0.3) is 0 Å². The van der Waals surface area contributed by atoms with Gasteiger partial charge in [0.1, 0.15) is 24.3 Å². The van der Waals surface area contributed by atoms with Gasteiger partial charge in [0.15, 0.2) is 0 Å². The molecule has 2 heterocycles. The number of fused-ring (bicyclic) bond motifs is 1. The second-order valence-electron chi connectivity index (χ2n) is 9.50. The van der Waals surface area contributed by atoms with Crippen molar-refractivity contribution in [3.05, 3.63) is 114 Å². The van der Waals surface area contributed by atoms with E-state index in [1.807, 2.05) is 65.7 Å². The van der Waals surface area contributed by atoms with Gasteiger partial charge in [-0.1, -0.05) is 72.8 Å². The maximum Gasteiger partial charge on any atom is 0.326 e. The van der Waals surface area contributed by atoms with Crippen LogP contribution in [0.5, 0.6) is 5.75 Å². The molecule has 0 unspecified atom stereocenters. The minimum atomic E-state index is -0.603.